The molecule has 0 aliphatic carbocycles. The van der Waals surface area contributed by atoms with Gasteiger partial charge in [0.1, 0.15) is 0 Å². The normalized spacial score (nSPS) is 11.2. The fraction of sp³-hybridized carbons (Fsp3) is 0.923. The van der Waals surface area contributed by atoms with Crippen molar-refractivity contribution >= 4 is 5.84 Å². The highest BCUT2D eigenvalue weighted by Crippen LogP contribution is 2.03. The summed E-state index contributed by atoms with van der Waals surface area (Å²) in [6.45, 7) is 16.1. The molecule has 3 heteroatoms. The number of nitrogens with zero attached hydrogens (tertiary/aromatic N) is 2. The Kier molecular flexibility index (Phi) is 8.26. The molecule has 3 nitrogen and oxygen atoms in total. The van der Waals surface area contributed by atoms with Gasteiger partial charge < -0.3 is 9.80 Å². The predicted molar refractivity (Wildman–Crippen MR) is 72.2 cm³/mol. The SMILES string of the molecule is CCN(CC)CCCN(CC)C(=N)C(C)C. The first kappa shape index (κ1) is 15.4. The van der Waals surface area contributed by atoms with Crippen molar-refractivity contribution in [3.8, 4) is 0 Å². The van der Waals surface area contributed by atoms with Gasteiger partial charge in [-0.05, 0) is 33.0 Å². The van der Waals surface area contributed by atoms with Crippen LogP contribution in [0.5, 0.6) is 0 Å². The monoisotopic (exact) mass is 227 g/mol. The maximum absolute atomic E-state index is 7.99. The van der Waals surface area contributed by atoms with E-state index in [-0.39, 0.29) is 0 Å². The zero-order valence-electron chi connectivity index (χ0n) is 11.7. The molecule has 0 atom stereocenters. The number of amidine groups is 1. The van der Waals surface area contributed by atoms with Crippen molar-refractivity contribution in [2.75, 3.05) is 32.7 Å². The van der Waals surface area contributed by atoms with E-state index in [0.29, 0.717) is 5.92 Å². The Bertz CT molecular complexity index is 186. The van der Waals surface area contributed by atoms with Crippen LogP contribution in [-0.2, 0) is 0 Å². The van der Waals surface area contributed by atoms with Crippen LogP contribution >= 0.6 is 0 Å². The van der Waals surface area contributed by atoms with Gasteiger partial charge in [-0.1, -0.05) is 27.7 Å². The molecule has 96 valence electrons. The van der Waals surface area contributed by atoms with Crippen LogP contribution in [0.2, 0.25) is 0 Å². The standard InChI is InChI=1S/C13H29N3/c1-6-15(7-2)10-9-11-16(8-3)13(14)12(4)5/h12,14H,6-11H2,1-5H3. The lowest BCUT2D eigenvalue weighted by atomic mass is 10.1. The smallest absolute Gasteiger partial charge is 0.0983 e. The van der Waals surface area contributed by atoms with Gasteiger partial charge in [-0.25, -0.2) is 0 Å². The topological polar surface area (TPSA) is 30.3 Å². The van der Waals surface area contributed by atoms with Gasteiger partial charge in [-0.15, -0.1) is 0 Å². The minimum Gasteiger partial charge on any atom is -0.361 e. The fourth-order valence-corrected chi connectivity index (χ4v) is 1.84. The van der Waals surface area contributed by atoms with Crippen molar-refractivity contribution < 1.29 is 0 Å². The first-order valence-electron chi connectivity index (χ1n) is 6.62. The van der Waals surface area contributed by atoms with Gasteiger partial charge in [0, 0.05) is 19.0 Å². The molecule has 0 saturated heterocycles. The van der Waals surface area contributed by atoms with Gasteiger partial charge in [0.2, 0.25) is 0 Å². The average Bonchev–Trinajstić information content (AvgIpc) is 2.28. The van der Waals surface area contributed by atoms with E-state index in [1.54, 1.807) is 0 Å². The van der Waals surface area contributed by atoms with E-state index in [1.807, 2.05) is 0 Å². The molecule has 0 saturated carbocycles. The van der Waals surface area contributed by atoms with Crippen molar-refractivity contribution in [2.24, 2.45) is 5.92 Å². The van der Waals surface area contributed by atoms with Crippen LogP contribution in [0.1, 0.15) is 41.0 Å². The van der Waals surface area contributed by atoms with E-state index in [1.165, 1.54) is 0 Å². The second kappa shape index (κ2) is 8.57. The third-order valence-corrected chi connectivity index (χ3v) is 3.07. The van der Waals surface area contributed by atoms with E-state index in [9.17, 15) is 0 Å². The molecule has 0 spiro atoms. The van der Waals surface area contributed by atoms with Crippen molar-refractivity contribution in [1.29, 1.82) is 5.41 Å². The Hall–Kier alpha value is -0.570. The molecule has 0 heterocycles. The fourth-order valence-electron chi connectivity index (χ4n) is 1.84. The molecule has 0 aliphatic rings. The lowest BCUT2D eigenvalue weighted by Crippen LogP contribution is -2.36. The highest BCUT2D eigenvalue weighted by atomic mass is 15.2. The van der Waals surface area contributed by atoms with E-state index < -0.39 is 0 Å². The number of rotatable bonds is 8. The molecule has 1 N–H and O–H groups in total. The van der Waals surface area contributed by atoms with E-state index in [2.05, 4.69) is 44.4 Å². The summed E-state index contributed by atoms with van der Waals surface area (Å²) < 4.78 is 0. The molecule has 0 aliphatic heterocycles. The van der Waals surface area contributed by atoms with Crippen LogP contribution < -0.4 is 0 Å². The summed E-state index contributed by atoms with van der Waals surface area (Å²) in [5.74, 6) is 1.12. The molecule has 16 heavy (non-hydrogen) atoms. The van der Waals surface area contributed by atoms with Crippen LogP contribution in [0.3, 0.4) is 0 Å². The molecule has 0 fully saturated rings. The summed E-state index contributed by atoms with van der Waals surface area (Å²) in [4.78, 5) is 4.63. The zero-order valence-corrected chi connectivity index (χ0v) is 11.7. The van der Waals surface area contributed by atoms with E-state index in [4.69, 9.17) is 5.41 Å². The Morgan fingerprint density at radius 1 is 1.00 bits per heavy atom. The largest absolute Gasteiger partial charge is 0.361 e. The highest BCUT2D eigenvalue weighted by molar-refractivity contribution is 5.80. The third kappa shape index (κ3) is 5.50. The number of nitrogens with one attached hydrogen (secondary N) is 1. The van der Waals surface area contributed by atoms with E-state index in [0.717, 1.165) is 45.0 Å². The molecule has 0 aromatic heterocycles. The second-order valence-corrected chi connectivity index (χ2v) is 4.50. The van der Waals surface area contributed by atoms with Crippen LogP contribution in [-0.4, -0.2) is 48.4 Å². The second-order valence-electron chi connectivity index (χ2n) is 4.50. The van der Waals surface area contributed by atoms with Gasteiger partial charge >= 0.3 is 0 Å². The molecular weight excluding hydrogens is 198 g/mol. The summed E-state index contributed by atoms with van der Waals surface area (Å²) in [5, 5.41) is 7.99. The molecule has 0 aromatic rings. The zero-order chi connectivity index (χ0) is 12.6. The van der Waals surface area contributed by atoms with Crippen molar-refractivity contribution in [1.82, 2.24) is 9.80 Å². The molecule has 0 amide bonds. The molecule has 0 rings (SSSR count). The van der Waals surface area contributed by atoms with Crippen molar-refractivity contribution in [3.63, 3.8) is 0 Å². The first-order chi connectivity index (χ1) is 7.56. The quantitative estimate of drug-likeness (QED) is 0.510. The number of hydrogen-bond donors (Lipinski definition) is 1. The Morgan fingerprint density at radius 2 is 1.56 bits per heavy atom. The maximum atomic E-state index is 7.99. The molecule has 0 bridgehead atoms. The van der Waals surface area contributed by atoms with Crippen molar-refractivity contribution in [3.05, 3.63) is 0 Å². The lowest BCUT2D eigenvalue weighted by Gasteiger charge is -2.27. The van der Waals surface area contributed by atoms with Crippen LogP contribution in [0.25, 0.3) is 0 Å². The van der Waals surface area contributed by atoms with Gasteiger partial charge in [-0.3, -0.25) is 5.41 Å². The average molecular weight is 227 g/mol. The van der Waals surface area contributed by atoms with Crippen molar-refractivity contribution in [2.45, 2.75) is 41.0 Å². The molecular formula is C13H29N3. The van der Waals surface area contributed by atoms with E-state index >= 15 is 0 Å². The first-order valence-corrected chi connectivity index (χ1v) is 6.62. The molecule has 0 unspecified atom stereocenters. The third-order valence-electron chi connectivity index (χ3n) is 3.07. The minimum absolute atomic E-state index is 0.341. The summed E-state index contributed by atoms with van der Waals surface area (Å²) in [6, 6.07) is 0. The van der Waals surface area contributed by atoms with Crippen LogP contribution in [0.15, 0.2) is 0 Å². The summed E-state index contributed by atoms with van der Waals surface area (Å²) in [5.41, 5.74) is 0. The minimum atomic E-state index is 0.341. The lowest BCUT2D eigenvalue weighted by molar-refractivity contribution is 0.281. The van der Waals surface area contributed by atoms with Gasteiger partial charge in [0.15, 0.2) is 0 Å². The summed E-state index contributed by atoms with van der Waals surface area (Å²) >= 11 is 0. The van der Waals surface area contributed by atoms with Crippen LogP contribution in [0.4, 0.5) is 0 Å². The van der Waals surface area contributed by atoms with Crippen LogP contribution in [0, 0.1) is 11.3 Å². The van der Waals surface area contributed by atoms with Gasteiger partial charge in [0.25, 0.3) is 0 Å². The summed E-state index contributed by atoms with van der Waals surface area (Å²) in [7, 11) is 0. The maximum Gasteiger partial charge on any atom is 0.0983 e. The Balaban J connectivity index is 3.92. The molecule has 0 radical (unpaired) electrons. The predicted octanol–water partition coefficient (Wildman–Crippen LogP) is 2.67. The molecule has 0 aromatic carbocycles. The number of hydrogen-bond acceptors (Lipinski definition) is 2. The summed E-state index contributed by atoms with van der Waals surface area (Å²) in [6.07, 6.45) is 1.16. The highest BCUT2D eigenvalue weighted by Gasteiger charge is 2.11. The van der Waals surface area contributed by atoms with Gasteiger partial charge in [0.05, 0.1) is 5.84 Å². The Labute approximate surface area is 101 Å². The Morgan fingerprint density at radius 3 is 1.94 bits per heavy atom. The van der Waals surface area contributed by atoms with Gasteiger partial charge in [-0.2, -0.15) is 0 Å².